The highest BCUT2D eigenvalue weighted by atomic mass is 16.5. The van der Waals surface area contributed by atoms with Crippen molar-refractivity contribution in [3.05, 3.63) is 70.8 Å². The number of hydrogen-bond acceptors (Lipinski definition) is 4. The molecule has 0 unspecified atom stereocenters. The molecule has 2 N–H and O–H groups in total. The highest BCUT2D eigenvalue weighted by Gasteiger charge is 2.06. The van der Waals surface area contributed by atoms with E-state index in [-0.39, 0.29) is 32.0 Å². The van der Waals surface area contributed by atoms with E-state index in [2.05, 4.69) is 0 Å². The second-order valence-electron chi connectivity index (χ2n) is 5.20. The van der Waals surface area contributed by atoms with Crippen molar-refractivity contribution in [3.8, 4) is 0 Å². The van der Waals surface area contributed by atoms with Gasteiger partial charge in [-0.25, -0.2) is 0 Å². The van der Waals surface area contributed by atoms with Gasteiger partial charge in [0.2, 0.25) is 0 Å². The topological polar surface area (TPSA) is 83.8 Å². The third-order valence-corrected chi connectivity index (χ3v) is 3.33. The second-order valence-corrected chi connectivity index (χ2v) is 5.20. The Morgan fingerprint density at radius 1 is 0.783 bits per heavy atom. The lowest BCUT2D eigenvalue weighted by Crippen LogP contribution is -2.08. The summed E-state index contributed by atoms with van der Waals surface area (Å²) in [4.78, 5) is 22.4. The molecule has 5 nitrogen and oxygen atoms in total. The quantitative estimate of drug-likeness (QED) is 0.765. The summed E-state index contributed by atoms with van der Waals surface area (Å²) in [6.07, 6.45) is 0.146. The first-order valence-corrected chi connectivity index (χ1v) is 7.20. The lowest BCUT2D eigenvalue weighted by molar-refractivity contribution is -0.144. The van der Waals surface area contributed by atoms with Crippen molar-refractivity contribution in [1.29, 1.82) is 0 Å². The zero-order valence-corrected chi connectivity index (χ0v) is 12.6. The first-order valence-electron chi connectivity index (χ1n) is 7.20. The number of aliphatic hydroxyl groups excluding tert-OH is 1. The van der Waals surface area contributed by atoms with Gasteiger partial charge in [0.1, 0.15) is 6.61 Å². The van der Waals surface area contributed by atoms with Gasteiger partial charge in [-0.05, 0) is 22.3 Å². The summed E-state index contributed by atoms with van der Waals surface area (Å²) in [6.45, 7) is 0.128. The zero-order valence-electron chi connectivity index (χ0n) is 12.6. The Bertz CT molecular complexity index is 659. The van der Waals surface area contributed by atoms with Gasteiger partial charge in [-0.1, -0.05) is 48.5 Å². The van der Waals surface area contributed by atoms with Gasteiger partial charge in [-0.15, -0.1) is 0 Å². The van der Waals surface area contributed by atoms with Gasteiger partial charge >= 0.3 is 11.9 Å². The fraction of sp³-hybridized carbons (Fsp3) is 0.222. The minimum Gasteiger partial charge on any atom is -0.481 e. The Balaban J connectivity index is 1.82. The third kappa shape index (κ3) is 5.56. The van der Waals surface area contributed by atoms with Gasteiger partial charge < -0.3 is 14.9 Å². The van der Waals surface area contributed by atoms with Crippen LogP contribution < -0.4 is 0 Å². The molecular formula is C18H18O5. The first kappa shape index (κ1) is 16.7. The molecule has 2 aromatic carbocycles. The normalized spacial score (nSPS) is 10.3. The molecule has 0 atom stereocenters. The largest absolute Gasteiger partial charge is 0.481 e. The van der Waals surface area contributed by atoms with Crippen LogP contribution in [0.1, 0.15) is 22.3 Å². The first-order chi connectivity index (χ1) is 11.1. The number of esters is 1. The maximum absolute atomic E-state index is 11.8. The fourth-order valence-corrected chi connectivity index (χ4v) is 2.07. The van der Waals surface area contributed by atoms with Crippen LogP contribution in [0.5, 0.6) is 0 Å². The number of carbonyl (C=O) groups is 2. The number of rotatable bonds is 7. The minimum atomic E-state index is -0.878. The van der Waals surface area contributed by atoms with Gasteiger partial charge in [0.15, 0.2) is 0 Å². The summed E-state index contributed by atoms with van der Waals surface area (Å²) in [5.74, 6) is -1.22. The van der Waals surface area contributed by atoms with Crippen LogP contribution in [0, 0.1) is 0 Å². The predicted octanol–water partition coefficient (Wildman–Crippen LogP) is 2.09. The van der Waals surface area contributed by atoms with Crippen molar-refractivity contribution < 1.29 is 24.5 Å². The molecule has 0 aliphatic heterocycles. The summed E-state index contributed by atoms with van der Waals surface area (Å²) in [5.41, 5.74) is 3.13. The summed E-state index contributed by atoms with van der Waals surface area (Å²) in [5, 5.41) is 17.7. The van der Waals surface area contributed by atoms with Gasteiger partial charge in [0.25, 0.3) is 0 Å². The Morgan fingerprint density at radius 2 is 1.26 bits per heavy atom. The number of hydrogen-bond donors (Lipinski definition) is 2. The molecule has 0 saturated carbocycles. The van der Waals surface area contributed by atoms with E-state index in [1.165, 1.54) is 0 Å². The number of ether oxygens (including phenoxy) is 1. The average Bonchev–Trinajstić information content (AvgIpc) is 2.54. The Kier molecular flexibility index (Phi) is 5.88. The van der Waals surface area contributed by atoms with Crippen LogP contribution >= 0.6 is 0 Å². The van der Waals surface area contributed by atoms with E-state index in [1.807, 2.05) is 0 Å². The van der Waals surface area contributed by atoms with E-state index in [1.54, 1.807) is 48.5 Å². The number of aliphatic hydroxyl groups is 1. The molecule has 0 heterocycles. The Labute approximate surface area is 134 Å². The molecule has 0 amide bonds. The molecule has 0 aliphatic rings. The molecule has 0 fully saturated rings. The molecule has 2 rings (SSSR count). The van der Waals surface area contributed by atoms with Crippen LogP contribution in [0.25, 0.3) is 0 Å². The van der Waals surface area contributed by atoms with Crippen molar-refractivity contribution in [1.82, 2.24) is 0 Å². The maximum atomic E-state index is 11.8. The number of aliphatic carboxylic acids is 1. The molecule has 0 bridgehead atoms. The summed E-state index contributed by atoms with van der Waals surface area (Å²) in [6, 6.07) is 14.0. The molecule has 0 spiro atoms. The van der Waals surface area contributed by atoms with Crippen molar-refractivity contribution in [2.75, 3.05) is 0 Å². The van der Waals surface area contributed by atoms with E-state index in [0.29, 0.717) is 5.56 Å². The highest BCUT2D eigenvalue weighted by Crippen LogP contribution is 2.09. The lowest BCUT2D eigenvalue weighted by atomic mass is 10.1. The molecular weight excluding hydrogens is 296 g/mol. The third-order valence-electron chi connectivity index (χ3n) is 3.33. The number of carboxylic acids is 1. The Hall–Kier alpha value is -2.66. The van der Waals surface area contributed by atoms with Crippen molar-refractivity contribution in [3.63, 3.8) is 0 Å². The van der Waals surface area contributed by atoms with Crippen molar-refractivity contribution in [2.24, 2.45) is 0 Å². The average molecular weight is 314 g/mol. The lowest BCUT2D eigenvalue weighted by Gasteiger charge is -2.06. The summed E-state index contributed by atoms with van der Waals surface area (Å²) >= 11 is 0. The predicted molar refractivity (Wildman–Crippen MR) is 83.6 cm³/mol. The molecule has 23 heavy (non-hydrogen) atoms. The Morgan fingerprint density at radius 3 is 1.78 bits per heavy atom. The fourth-order valence-electron chi connectivity index (χ4n) is 2.07. The molecule has 0 saturated heterocycles. The number of carboxylic acid groups (broad SMARTS) is 1. The SMILES string of the molecule is O=C(O)Cc1ccc(COC(=O)Cc2ccc(CO)cc2)cc1. The molecule has 0 aromatic heterocycles. The summed E-state index contributed by atoms with van der Waals surface area (Å²) in [7, 11) is 0. The van der Waals surface area contributed by atoms with Crippen LogP contribution in [0.3, 0.4) is 0 Å². The zero-order chi connectivity index (χ0) is 16.7. The smallest absolute Gasteiger partial charge is 0.310 e. The van der Waals surface area contributed by atoms with Crippen LogP contribution in [0.4, 0.5) is 0 Å². The van der Waals surface area contributed by atoms with E-state index < -0.39 is 5.97 Å². The van der Waals surface area contributed by atoms with E-state index in [0.717, 1.165) is 16.7 Å². The van der Waals surface area contributed by atoms with Gasteiger partial charge in [-0.3, -0.25) is 9.59 Å². The van der Waals surface area contributed by atoms with Gasteiger partial charge in [0, 0.05) is 0 Å². The van der Waals surface area contributed by atoms with E-state index >= 15 is 0 Å². The van der Waals surface area contributed by atoms with Crippen molar-refractivity contribution in [2.45, 2.75) is 26.1 Å². The van der Waals surface area contributed by atoms with Crippen LogP contribution in [-0.2, 0) is 40.4 Å². The van der Waals surface area contributed by atoms with Crippen LogP contribution in [0.2, 0.25) is 0 Å². The van der Waals surface area contributed by atoms with Gasteiger partial charge in [0.05, 0.1) is 19.4 Å². The molecule has 5 heteroatoms. The highest BCUT2D eigenvalue weighted by molar-refractivity contribution is 5.72. The summed E-state index contributed by atoms with van der Waals surface area (Å²) < 4.78 is 5.20. The van der Waals surface area contributed by atoms with E-state index in [4.69, 9.17) is 14.9 Å². The minimum absolute atomic E-state index is 0.0239. The molecule has 0 aliphatic carbocycles. The molecule has 120 valence electrons. The second kappa shape index (κ2) is 8.10. The number of benzene rings is 2. The number of carbonyl (C=O) groups excluding carboxylic acids is 1. The molecule has 2 aromatic rings. The van der Waals surface area contributed by atoms with Crippen molar-refractivity contribution >= 4 is 11.9 Å². The van der Waals surface area contributed by atoms with E-state index in [9.17, 15) is 9.59 Å². The maximum Gasteiger partial charge on any atom is 0.310 e. The van der Waals surface area contributed by atoms with Crippen LogP contribution in [-0.4, -0.2) is 22.2 Å². The molecule has 0 radical (unpaired) electrons. The monoisotopic (exact) mass is 314 g/mol. The standard InChI is InChI=1S/C18H18O5/c19-11-15-5-1-14(2-6-15)10-18(22)23-12-16-7-3-13(4-8-16)9-17(20)21/h1-8,19H,9-12H2,(H,20,21). The van der Waals surface area contributed by atoms with Gasteiger partial charge in [-0.2, -0.15) is 0 Å². The van der Waals surface area contributed by atoms with Crippen LogP contribution in [0.15, 0.2) is 48.5 Å².